The number of hydrogen-bond donors (Lipinski definition) is 1. The number of nitrogens with zero attached hydrogens (tertiary/aromatic N) is 3. The molecule has 1 aromatic rings. The molecule has 0 saturated heterocycles. The number of hydrogen-bond acceptors (Lipinski definition) is 3. The predicted molar refractivity (Wildman–Crippen MR) is 47.8 cm³/mol. The number of aryl methyl sites for hydroxylation is 1. The van der Waals surface area contributed by atoms with Crippen molar-refractivity contribution < 1.29 is 0 Å². The van der Waals surface area contributed by atoms with Crippen LogP contribution in [-0.4, -0.2) is 27.4 Å². The Morgan fingerprint density at radius 1 is 1.50 bits per heavy atom. The molecule has 12 heavy (non-hydrogen) atoms. The van der Waals surface area contributed by atoms with Crippen LogP contribution < -0.4 is 5.32 Å². The van der Waals surface area contributed by atoms with Crippen LogP contribution in [0.4, 0.5) is 0 Å². The van der Waals surface area contributed by atoms with Gasteiger partial charge in [0.15, 0.2) is 0 Å². The standard InChI is InChI=1S/C8H16N4/c1-8(2,9-3)4-5-12-7-10-6-11-12/h6-7,9H,4-5H2,1-3H3. The van der Waals surface area contributed by atoms with Gasteiger partial charge in [0.2, 0.25) is 0 Å². The third-order valence-electron chi connectivity index (χ3n) is 2.11. The van der Waals surface area contributed by atoms with Crippen molar-refractivity contribution in [2.24, 2.45) is 0 Å². The zero-order chi connectivity index (χ0) is 9.03. The largest absolute Gasteiger partial charge is 0.315 e. The lowest BCUT2D eigenvalue weighted by molar-refractivity contribution is 0.358. The number of nitrogens with one attached hydrogen (secondary N) is 1. The van der Waals surface area contributed by atoms with Gasteiger partial charge in [-0.3, -0.25) is 4.68 Å². The first-order chi connectivity index (χ1) is 5.64. The second-order valence-electron chi connectivity index (χ2n) is 3.54. The third-order valence-corrected chi connectivity index (χ3v) is 2.11. The molecule has 0 bridgehead atoms. The first-order valence-electron chi connectivity index (χ1n) is 4.15. The van der Waals surface area contributed by atoms with Gasteiger partial charge in [0, 0.05) is 12.1 Å². The Hall–Kier alpha value is -0.900. The molecule has 0 aliphatic heterocycles. The highest BCUT2D eigenvalue weighted by Crippen LogP contribution is 2.07. The van der Waals surface area contributed by atoms with E-state index in [0.717, 1.165) is 13.0 Å². The van der Waals surface area contributed by atoms with E-state index in [0.29, 0.717) is 0 Å². The summed E-state index contributed by atoms with van der Waals surface area (Å²) >= 11 is 0. The molecule has 1 aromatic heterocycles. The smallest absolute Gasteiger partial charge is 0.137 e. The Morgan fingerprint density at radius 2 is 2.25 bits per heavy atom. The molecule has 1 heterocycles. The Morgan fingerprint density at radius 3 is 2.75 bits per heavy atom. The molecule has 0 aliphatic rings. The van der Waals surface area contributed by atoms with Crippen LogP contribution in [0.25, 0.3) is 0 Å². The van der Waals surface area contributed by atoms with E-state index >= 15 is 0 Å². The molecule has 0 aliphatic carbocycles. The van der Waals surface area contributed by atoms with Crippen LogP contribution in [0.15, 0.2) is 12.7 Å². The van der Waals surface area contributed by atoms with Crippen LogP contribution in [0.1, 0.15) is 20.3 Å². The van der Waals surface area contributed by atoms with Crippen molar-refractivity contribution in [3.05, 3.63) is 12.7 Å². The molecule has 68 valence electrons. The van der Waals surface area contributed by atoms with E-state index in [1.54, 1.807) is 12.7 Å². The lowest BCUT2D eigenvalue weighted by Gasteiger charge is -2.23. The normalized spacial score (nSPS) is 11.9. The van der Waals surface area contributed by atoms with Gasteiger partial charge >= 0.3 is 0 Å². The molecule has 1 N–H and O–H groups in total. The van der Waals surface area contributed by atoms with Gasteiger partial charge in [0.05, 0.1) is 0 Å². The average Bonchev–Trinajstić information content (AvgIpc) is 2.53. The van der Waals surface area contributed by atoms with Gasteiger partial charge in [-0.05, 0) is 27.3 Å². The van der Waals surface area contributed by atoms with Gasteiger partial charge < -0.3 is 5.32 Å². The van der Waals surface area contributed by atoms with Crippen LogP contribution in [0, 0.1) is 0 Å². The molecule has 0 atom stereocenters. The molecule has 0 spiro atoms. The fourth-order valence-corrected chi connectivity index (χ4v) is 0.867. The fraction of sp³-hybridized carbons (Fsp3) is 0.750. The van der Waals surface area contributed by atoms with Crippen molar-refractivity contribution in [1.29, 1.82) is 0 Å². The van der Waals surface area contributed by atoms with E-state index in [9.17, 15) is 0 Å². The van der Waals surface area contributed by atoms with E-state index in [-0.39, 0.29) is 5.54 Å². The van der Waals surface area contributed by atoms with Crippen molar-refractivity contribution in [1.82, 2.24) is 20.1 Å². The number of rotatable bonds is 4. The minimum atomic E-state index is 0.173. The monoisotopic (exact) mass is 168 g/mol. The maximum absolute atomic E-state index is 4.03. The molecule has 0 fully saturated rings. The van der Waals surface area contributed by atoms with Crippen molar-refractivity contribution in [3.8, 4) is 0 Å². The third kappa shape index (κ3) is 2.62. The lowest BCUT2D eigenvalue weighted by atomic mass is 10.0. The Bertz CT molecular complexity index is 215. The lowest BCUT2D eigenvalue weighted by Crippen LogP contribution is -2.37. The van der Waals surface area contributed by atoms with E-state index in [2.05, 4.69) is 29.2 Å². The van der Waals surface area contributed by atoms with Gasteiger partial charge in [0.25, 0.3) is 0 Å². The summed E-state index contributed by atoms with van der Waals surface area (Å²) in [5.74, 6) is 0. The summed E-state index contributed by atoms with van der Waals surface area (Å²) in [5.41, 5.74) is 0.173. The van der Waals surface area contributed by atoms with Crippen LogP contribution in [0.5, 0.6) is 0 Å². The Kier molecular flexibility index (Phi) is 2.81. The zero-order valence-corrected chi connectivity index (χ0v) is 7.91. The first kappa shape index (κ1) is 9.19. The maximum atomic E-state index is 4.03. The average molecular weight is 168 g/mol. The summed E-state index contributed by atoms with van der Waals surface area (Å²) in [6, 6.07) is 0. The summed E-state index contributed by atoms with van der Waals surface area (Å²) in [6.07, 6.45) is 4.35. The van der Waals surface area contributed by atoms with Gasteiger partial charge in [0.1, 0.15) is 12.7 Å². The first-order valence-corrected chi connectivity index (χ1v) is 4.15. The second kappa shape index (κ2) is 3.67. The van der Waals surface area contributed by atoms with Gasteiger partial charge in [-0.25, -0.2) is 4.98 Å². The minimum Gasteiger partial charge on any atom is -0.315 e. The molecule has 0 unspecified atom stereocenters. The molecule has 4 nitrogen and oxygen atoms in total. The minimum absolute atomic E-state index is 0.173. The topological polar surface area (TPSA) is 42.7 Å². The van der Waals surface area contributed by atoms with E-state index in [1.165, 1.54) is 0 Å². The van der Waals surface area contributed by atoms with E-state index in [4.69, 9.17) is 0 Å². The van der Waals surface area contributed by atoms with Crippen LogP contribution in [0.2, 0.25) is 0 Å². The Labute approximate surface area is 73.0 Å². The van der Waals surface area contributed by atoms with Gasteiger partial charge in [-0.15, -0.1) is 0 Å². The molecule has 1 rings (SSSR count). The molecule has 0 amide bonds. The van der Waals surface area contributed by atoms with Crippen molar-refractivity contribution >= 4 is 0 Å². The molecule has 0 saturated carbocycles. The summed E-state index contributed by atoms with van der Waals surface area (Å²) in [5, 5.41) is 7.27. The second-order valence-corrected chi connectivity index (χ2v) is 3.54. The molecular formula is C8H16N4. The van der Waals surface area contributed by atoms with E-state index < -0.39 is 0 Å². The van der Waals surface area contributed by atoms with Crippen molar-refractivity contribution in [2.45, 2.75) is 32.4 Å². The van der Waals surface area contributed by atoms with Crippen LogP contribution in [-0.2, 0) is 6.54 Å². The molecule has 0 aromatic carbocycles. The van der Waals surface area contributed by atoms with Crippen molar-refractivity contribution in [2.75, 3.05) is 7.05 Å². The van der Waals surface area contributed by atoms with Gasteiger partial charge in [-0.2, -0.15) is 5.10 Å². The molecular weight excluding hydrogens is 152 g/mol. The van der Waals surface area contributed by atoms with Crippen molar-refractivity contribution in [3.63, 3.8) is 0 Å². The van der Waals surface area contributed by atoms with Crippen LogP contribution >= 0.6 is 0 Å². The van der Waals surface area contributed by atoms with Crippen LogP contribution in [0.3, 0.4) is 0 Å². The summed E-state index contributed by atoms with van der Waals surface area (Å²) < 4.78 is 1.85. The molecule has 4 heteroatoms. The Balaban J connectivity index is 2.36. The quantitative estimate of drug-likeness (QED) is 0.718. The zero-order valence-electron chi connectivity index (χ0n) is 7.91. The number of aromatic nitrogens is 3. The highest BCUT2D eigenvalue weighted by molar-refractivity contribution is 4.74. The highest BCUT2D eigenvalue weighted by Gasteiger charge is 2.13. The van der Waals surface area contributed by atoms with E-state index in [1.807, 2.05) is 11.7 Å². The highest BCUT2D eigenvalue weighted by atomic mass is 15.3. The fourth-order valence-electron chi connectivity index (χ4n) is 0.867. The summed E-state index contributed by atoms with van der Waals surface area (Å²) in [4.78, 5) is 3.88. The predicted octanol–water partition coefficient (Wildman–Crippen LogP) is 0.666. The SMILES string of the molecule is CNC(C)(C)CCn1cncn1. The van der Waals surface area contributed by atoms with Gasteiger partial charge in [-0.1, -0.05) is 0 Å². The molecule has 0 radical (unpaired) electrons. The maximum Gasteiger partial charge on any atom is 0.137 e. The summed E-state index contributed by atoms with van der Waals surface area (Å²) in [7, 11) is 1.97. The summed E-state index contributed by atoms with van der Waals surface area (Å²) in [6.45, 7) is 5.25.